The van der Waals surface area contributed by atoms with Crippen LogP contribution in [0.1, 0.15) is 22.9 Å². The van der Waals surface area contributed by atoms with Crippen LogP contribution in [0.15, 0.2) is 59.7 Å². The number of aliphatic imine (C=N–C) groups is 1. The van der Waals surface area contributed by atoms with Crippen LogP contribution in [0.25, 0.3) is 0 Å². The molecule has 0 amide bonds. The summed E-state index contributed by atoms with van der Waals surface area (Å²) >= 11 is 0. The second-order valence-corrected chi connectivity index (χ2v) is 7.68. The standard InChI is InChI=1S/C22H25N7O/c1-30-19-9-5-3-7-15(19)12-28-13-16(10-14-6-2-4-8-18(14)28)29-20(23)17-11-25-27-21(17)26-22(29)24/h2-9,11,16,20H,10,12-13,23H2,1H3,(H3,24,25,26,27). The number of guanidine groups is 1. The number of aromatic nitrogens is 2. The van der Waals surface area contributed by atoms with E-state index in [1.54, 1.807) is 13.3 Å². The maximum Gasteiger partial charge on any atom is 0.199 e. The third-order valence-electron chi connectivity index (χ3n) is 5.92. The highest BCUT2D eigenvalue weighted by atomic mass is 16.5. The van der Waals surface area contributed by atoms with Crippen LogP contribution in [0, 0.1) is 0 Å². The summed E-state index contributed by atoms with van der Waals surface area (Å²) in [5, 5.41) is 6.94. The molecule has 0 saturated carbocycles. The van der Waals surface area contributed by atoms with Gasteiger partial charge in [-0.25, -0.2) is 0 Å². The molecule has 0 saturated heterocycles. The molecule has 2 aliphatic heterocycles. The molecule has 8 heteroatoms. The lowest BCUT2D eigenvalue weighted by molar-refractivity contribution is 0.228. The smallest absolute Gasteiger partial charge is 0.199 e. The second-order valence-electron chi connectivity index (χ2n) is 7.68. The Kier molecular flexibility index (Phi) is 4.55. The van der Waals surface area contributed by atoms with Crippen molar-refractivity contribution in [2.75, 3.05) is 18.6 Å². The molecule has 0 bridgehead atoms. The Labute approximate surface area is 175 Å². The van der Waals surface area contributed by atoms with Gasteiger partial charge in [0.1, 0.15) is 11.9 Å². The quantitative estimate of drug-likeness (QED) is 0.617. The van der Waals surface area contributed by atoms with Gasteiger partial charge in [0.25, 0.3) is 0 Å². The summed E-state index contributed by atoms with van der Waals surface area (Å²) in [7, 11) is 1.71. The molecular weight excluding hydrogens is 378 g/mol. The van der Waals surface area contributed by atoms with Gasteiger partial charge in [-0.2, -0.15) is 10.1 Å². The molecule has 8 nitrogen and oxygen atoms in total. The largest absolute Gasteiger partial charge is 0.496 e. The highest BCUT2D eigenvalue weighted by molar-refractivity contribution is 5.84. The monoisotopic (exact) mass is 403 g/mol. The van der Waals surface area contributed by atoms with Crippen LogP contribution >= 0.6 is 0 Å². The minimum absolute atomic E-state index is 0.0800. The van der Waals surface area contributed by atoms with Crippen LogP contribution in [0.2, 0.25) is 0 Å². The van der Waals surface area contributed by atoms with Gasteiger partial charge < -0.3 is 26.0 Å². The van der Waals surface area contributed by atoms with Crippen molar-refractivity contribution in [3.05, 3.63) is 71.4 Å². The Morgan fingerprint density at radius 2 is 1.97 bits per heavy atom. The van der Waals surface area contributed by atoms with Crippen LogP contribution in [0.3, 0.4) is 0 Å². The average Bonchev–Trinajstić information content (AvgIpc) is 3.23. The van der Waals surface area contributed by atoms with Gasteiger partial charge in [-0.15, -0.1) is 0 Å². The molecule has 2 aromatic carbocycles. The van der Waals surface area contributed by atoms with Crippen LogP contribution in [-0.2, 0) is 13.0 Å². The normalized spacial score (nSPS) is 20.4. The van der Waals surface area contributed by atoms with Gasteiger partial charge in [0.05, 0.1) is 24.9 Å². The minimum Gasteiger partial charge on any atom is -0.496 e. The minimum atomic E-state index is -0.389. The Hall–Kier alpha value is -3.52. The summed E-state index contributed by atoms with van der Waals surface area (Å²) in [5.41, 5.74) is 17.4. The van der Waals surface area contributed by atoms with Crippen molar-refractivity contribution in [3.8, 4) is 5.75 Å². The number of aromatic amines is 1. The van der Waals surface area contributed by atoms with Crippen molar-refractivity contribution in [1.82, 2.24) is 15.1 Å². The first kappa shape index (κ1) is 18.5. The van der Waals surface area contributed by atoms with Crippen molar-refractivity contribution < 1.29 is 4.74 Å². The number of para-hydroxylation sites is 2. The fourth-order valence-corrected chi connectivity index (χ4v) is 4.51. The third-order valence-corrected chi connectivity index (χ3v) is 5.92. The maximum absolute atomic E-state index is 6.59. The first-order valence-electron chi connectivity index (χ1n) is 10.0. The Morgan fingerprint density at radius 1 is 1.17 bits per heavy atom. The molecule has 0 radical (unpaired) electrons. The first-order chi connectivity index (χ1) is 14.7. The molecule has 3 heterocycles. The van der Waals surface area contributed by atoms with Gasteiger partial charge in [0.2, 0.25) is 0 Å². The van der Waals surface area contributed by atoms with E-state index < -0.39 is 0 Å². The molecule has 0 aliphatic carbocycles. The number of anilines is 1. The Bertz CT molecular complexity index is 1090. The SMILES string of the molecule is COc1ccccc1CN1CC(N2C(N)=Nc3[nH]ncc3C2N)Cc2ccccc21. The van der Waals surface area contributed by atoms with E-state index >= 15 is 0 Å². The summed E-state index contributed by atoms with van der Waals surface area (Å²) in [4.78, 5) is 8.87. The van der Waals surface area contributed by atoms with Crippen molar-refractivity contribution >= 4 is 17.5 Å². The number of rotatable bonds is 4. The molecule has 1 aromatic heterocycles. The lowest BCUT2D eigenvalue weighted by Crippen LogP contribution is -2.56. The molecule has 5 N–H and O–H groups in total. The lowest BCUT2D eigenvalue weighted by atomic mass is 9.95. The van der Waals surface area contributed by atoms with E-state index in [2.05, 4.69) is 50.4 Å². The molecule has 154 valence electrons. The topological polar surface area (TPSA) is 109 Å². The Balaban J connectivity index is 1.49. The lowest BCUT2D eigenvalue weighted by Gasteiger charge is -2.44. The van der Waals surface area contributed by atoms with Crippen LogP contribution < -0.4 is 21.1 Å². The van der Waals surface area contributed by atoms with Crippen molar-refractivity contribution in [3.63, 3.8) is 0 Å². The molecular formula is C22H25N7O. The summed E-state index contributed by atoms with van der Waals surface area (Å²) in [6.07, 6.45) is 2.18. The number of nitrogens with one attached hydrogen (secondary N) is 1. The van der Waals surface area contributed by atoms with Gasteiger partial charge >= 0.3 is 0 Å². The molecule has 2 atom stereocenters. The van der Waals surface area contributed by atoms with E-state index in [9.17, 15) is 0 Å². The predicted molar refractivity (Wildman–Crippen MR) is 117 cm³/mol. The fourth-order valence-electron chi connectivity index (χ4n) is 4.51. The number of methoxy groups -OCH3 is 1. The molecule has 3 aromatic rings. The number of H-pyrrole nitrogens is 1. The van der Waals surface area contributed by atoms with E-state index in [-0.39, 0.29) is 12.2 Å². The van der Waals surface area contributed by atoms with Crippen molar-refractivity contribution in [2.45, 2.75) is 25.2 Å². The summed E-state index contributed by atoms with van der Waals surface area (Å²) in [5.74, 6) is 1.94. The maximum atomic E-state index is 6.59. The highest BCUT2D eigenvalue weighted by Gasteiger charge is 2.36. The predicted octanol–water partition coefficient (Wildman–Crippen LogP) is 2.27. The molecule has 2 unspecified atom stereocenters. The van der Waals surface area contributed by atoms with E-state index in [4.69, 9.17) is 16.2 Å². The van der Waals surface area contributed by atoms with Crippen molar-refractivity contribution in [1.29, 1.82) is 0 Å². The Morgan fingerprint density at radius 3 is 2.83 bits per heavy atom. The van der Waals surface area contributed by atoms with E-state index in [0.717, 1.165) is 36.4 Å². The summed E-state index contributed by atoms with van der Waals surface area (Å²) < 4.78 is 5.58. The molecule has 5 rings (SSSR count). The number of benzene rings is 2. The highest BCUT2D eigenvalue weighted by Crippen LogP contribution is 2.36. The third kappa shape index (κ3) is 3.05. The molecule has 30 heavy (non-hydrogen) atoms. The van der Waals surface area contributed by atoms with Gasteiger partial charge in [0, 0.05) is 24.3 Å². The number of nitrogens with zero attached hydrogens (tertiary/aromatic N) is 4. The molecule has 0 spiro atoms. The fraction of sp³-hybridized carbons (Fsp3) is 0.273. The van der Waals surface area contributed by atoms with E-state index in [1.165, 1.54) is 11.3 Å². The average molecular weight is 403 g/mol. The van der Waals surface area contributed by atoms with Crippen molar-refractivity contribution in [2.24, 2.45) is 16.5 Å². The zero-order valence-electron chi connectivity index (χ0n) is 16.8. The van der Waals surface area contributed by atoms with E-state index in [1.807, 2.05) is 23.1 Å². The second kappa shape index (κ2) is 7.38. The van der Waals surface area contributed by atoms with Gasteiger partial charge in [-0.3, -0.25) is 5.10 Å². The van der Waals surface area contributed by atoms with Gasteiger partial charge in [-0.1, -0.05) is 36.4 Å². The number of hydrogen-bond donors (Lipinski definition) is 3. The number of fused-ring (bicyclic) bond motifs is 2. The van der Waals surface area contributed by atoms with Crippen LogP contribution in [0.5, 0.6) is 5.75 Å². The van der Waals surface area contributed by atoms with Gasteiger partial charge in [-0.05, 0) is 24.1 Å². The van der Waals surface area contributed by atoms with Gasteiger partial charge in [0.15, 0.2) is 11.8 Å². The summed E-state index contributed by atoms with van der Waals surface area (Å²) in [6.45, 7) is 1.50. The molecule has 0 fully saturated rings. The zero-order chi connectivity index (χ0) is 20.7. The number of ether oxygens (including phenoxy) is 1. The van der Waals surface area contributed by atoms with E-state index in [0.29, 0.717) is 11.8 Å². The van der Waals surface area contributed by atoms with Crippen LogP contribution in [0.4, 0.5) is 11.5 Å². The zero-order valence-corrected chi connectivity index (χ0v) is 16.8. The molecule has 2 aliphatic rings. The van der Waals surface area contributed by atoms with Crippen LogP contribution in [-0.4, -0.2) is 40.8 Å². The number of nitrogens with two attached hydrogens (primary N) is 2. The summed E-state index contributed by atoms with van der Waals surface area (Å²) in [6, 6.07) is 16.7. The number of hydrogen-bond acceptors (Lipinski definition) is 7. The first-order valence-corrected chi connectivity index (χ1v) is 10.0.